The summed E-state index contributed by atoms with van der Waals surface area (Å²) in [7, 11) is 0. The molecule has 0 amide bonds. The zero-order valence-corrected chi connectivity index (χ0v) is 10.2. The maximum Gasteiger partial charge on any atom is 0.188 e. The average Bonchev–Trinajstić information content (AvgIpc) is 2.48. The summed E-state index contributed by atoms with van der Waals surface area (Å²) in [6.45, 7) is 1.28. The molecular weight excluding hydrogens is 244 g/mol. The van der Waals surface area contributed by atoms with Crippen LogP contribution in [0.2, 0.25) is 0 Å². The van der Waals surface area contributed by atoms with E-state index < -0.39 is 0 Å². The first-order chi connectivity index (χ1) is 9.29. The average molecular weight is 258 g/mol. The van der Waals surface area contributed by atoms with Gasteiger partial charge in [0.2, 0.25) is 0 Å². The fourth-order valence-electron chi connectivity index (χ4n) is 1.53. The normalized spacial score (nSPS) is 11.5. The molecule has 2 aromatic rings. The van der Waals surface area contributed by atoms with Crippen LogP contribution in [0.5, 0.6) is 0 Å². The molecule has 0 aliphatic rings. The zero-order chi connectivity index (χ0) is 13.5. The van der Waals surface area contributed by atoms with E-state index in [1.807, 2.05) is 12.1 Å². The number of rotatable bonds is 5. The maximum absolute atomic E-state index is 8.60. The van der Waals surface area contributed by atoms with Gasteiger partial charge >= 0.3 is 0 Å². The second-order valence-electron chi connectivity index (χ2n) is 3.84. The van der Waals surface area contributed by atoms with Gasteiger partial charge in [-0.3, -0.25) is 4.98 Å². The lowest BCUT2D eigenvalue weighted by Gasteiger charge is -2.05. The van der Waals surface area contributed by atoms with Crippen LogP contribution in [-0.2, 0) is 13.1 Å². The van der Waals surface area contributed by atoms with Crippen LogP contribution >= 0.6 is 0 Å². The summed E-state index contributed by atoms with van der Waals surface area (Å²) in [5.74, 6) is -0.00218. The third-order valence-corrected chi connectivity index (χ3v) is 2.47. The lowest BCUT2D eigenvalue weighted by Crippen LogP contribution is -2.17. The highest BCUT2D eigenvalue weighted by Gasteiger charge is 2.02. The first-order valence-corrected chi connectivity index (χ1v) is 5.68. The molecule has 0 spiro atoms. The molecule has 0 aliphatic heterocycles. The number of nitrogens with one attached hydrogen (secondary N) is 1. The van der Waals surface area contributed by atoms with Gasteiger partial charge < -0.3 is 16.3 Å². The Hall–Kier alpha value is -2.54. The fraction of sp³-hybridized carbons (Fsp3) is 0.167. The molecule has 0 aliphatic carbocycles. The molecule has 0 saturated heterocycles. The molecule has 2 heterocycles. The molecule has 0 unspecified atom stereocenters. The molecule has 2 rings (SSSR count). The number of oxime groups is 1. The smallest absolute Gasteiger partial charge is 0.188 e. The Morgan fingerprint density at radius 1 is 1.26 bits per heavy atom. The van der Waals surface area contributed by atoms with Crippen LogP contribution in [0.25, 0.3) is 0 Å². The summed E-state index contributed by atoms with van der Waals surface area (Å²) in [5, 5.41) is 14.8. The van der Waals surface area contributed by atoms with Gasteiger partial charge in [-0.05, 0) is 23.8 Å². The molecule has 7 nitrogen and oxygen atoms in total. The van der Waals surface area contributed by atoms with Crippen molar-refractivity contribution in [3.05, 3.63) is 53.9 Å². The van der Waals surface area contributed by atoms with E-state index in [1.165, 1.54) is 6.33 Å². The highest BCUT2D eigenvalue weighted by Crippen LogP contribution is 2.02. The third-order valence-electron chi connectivity index (χ3n) is 2.47. The Bertz CT molecular complexity index is 557. The van der Waals surface area contributed by atoms with Crippen LogP contribution in [0.4, 0.5) is 0 Å². The van der Waals surface area contributed by atoms with Crippen LogP contribution in [-0.4, -0.2) is 26.0 Å². The standard InChI is InChI=1S/C12H14N6O/c13-12(18-19)11-5-9(1-4-16-11)6-15-7-10-2-3-14-8-17-10/h1-5,8,15,19H,6-7H2,(H2,13,18). The van der Waals surface area contributed by atoms with E-state index in [1.54, 1.807) is 18.5 Å². The molecule has 19 heavy (non-hydrogen) atoms. The van der Waals surface area contributed by atoms with Gasteiger partial charge in [0.05, 0.1) is 5.69 Å². The predicted molar refractivity (Wildman–Crippen MR) is 69.3 cm³/mol. The van der Waals surface area contributed by atoms with Gasteiger partial charge in [0, 0.05) is 25.5 Å². The SMILES string of the molecule is N/C(=N/O)c1cc(CNCc2ccncn2)ccn1. The van der Waals surface area contributed by atoms with Crippen LogP contribution in [0.15, 0.2) is 42.1 Å². The lowest BCUT2D eigenvalue weighted by molar-refractivity contribution is 0.318. The minimum absolute atomic E-state index is 0.00218. The van der Waals surface area contributed by atoms with E-state index in [4.69, 9.17) is 10.9 Å². The van der Waals surface area contributed by atoms with Gasteiger partial charge in [0.15, 0.2) is 5.84 Å². The molecular formula is C12H14N6O. The summed E-state index contributed by atoms with van der Waals surface area (Å²) in [5.41, 5.74) is 7.84. The molecule has 0 atom stereocenters. The van der Waals surface area contributed by atoms with Crippen molar-refractivity contribution in [1.29, 1.82) is 0 Å². The molecule has 0 saturated carbocycles. The van der Waals surface area contributed by atoms with Crippen molar-refractivity contribution < 1.29 is 5.21 Å². The Kier molecular flexibility index (Phi) is 4.35. The van der Waals surface area contributed by atoms with Gasteiger partial charge in [-0.1, -0.05) is 5.16 Å². The molecule has 98 valence electrons. The Morgan fingerprint density at radius 2 is 2.16 bits per heavy atom. The van der Waals surface area contributed by atoms with Crippen molar-refractivity contribution in [2.24, 2.45) is 10.9 Å². The predicted octanol–water partition coefficient (Wildman–Crippen LogP) is 0.256. The van der Waals surface area contributed by atoms with Crippen LogP contribution in [0.3, 0.4) is 0 Å². The first-order valence-electron chi connectivity index (χ1n) is 5.68. The van der Waals surface area contributed by atoms with E-state index in [0.717, 1.165) is 11.3 Å². The lowest BCUT2D eigenvalue weighted by atomic mass is 10.2. The van der Waals surface area contributed by atoms with Crippen molar-refractivity contribution in [3.63, 3.8) is 0 Å². The number of nitrogens with two attached hydrogens (primary N) is 1. The third kappa shape index (κ3) is 3.71. The van der Waals surface area contributed by atoms with Crippen molar-refractivity contribution in [2.45, 2.75) is 13.1 Å². The Balaban J connectivity index is 1.93. The van der Waals surface area contributed by atoms with Gasteiger partial charge in [-0.25, -0.2) is 9.97 Å². The molecule has 0 aromatic carbocycles. The van der Waals surface area contributed by atoms with E-state index in [0.29, 0.717) is 18.8 Å². The summed E-state index contributed by atoms with van der Waals surface area (Å²) in [4.78, 5) is 12.0. The van der Waals surface area contributed by atoms with Crippen molar-refractivity contribution in [2.75, 3.05) is 0 Å². The highest BCUT2D eigenvalue weighted by molar-refractivity contribution is 5.95. The largest absolute Gasteiger partial charge is 0.409 e. The molecule has 2 aromatic heterocycles. The van der Waals surface area contributed by atoms with Crippen LogP contribution < -0.4 is 11.1 Å². The van der Waals surface area contributed by atoms with E-state index in [2.05, 4.69) is 25.4 Å². The summed E-state index contributed by atoms with van der Waals surface area (Å²) in [6, 6.07) is 5.48. The quantitative estimate of drug-likeness (QED) is 0.307. The van der Waals surface area contributed by atoms with Gasteiger partial charge in [0.1, 0.15) is 12.0 Å². The van der Waals surface area contributed by atoms with E-state index >= 15 is 0 Å². The second kappa shape index (κ2) is 6.41. The number of pyridine rings is 1. The number of aromatic nitrogens is 3. The molecule has 7 heteroatoms. The van der Waals surface area contributed by atoms with Crippen LogP contribution in [0.1, 0.15) is 17.0 Å². The van der Waals surface area contributed by atoms with E-state index in [9.17, 15) is 0 Å². The zero-order valence-electron chi connectivity index (χ0n) is 10.2. The minimum Gasteiger partial charge on any atom is -0.409 e. The molecule has 0 bridgehead atoms. The highest BCUT2D eigenvalue weighted by atomic mass is 16.4. The van der Waals surface area contributed by atoms with Gasteiger partial charge in [-0.15, -0.1) is 0 Å². The number of hydrogen-bond donors (Lipinski definition) is 3. The van der Waals surface area contributed by atoms with Crippen molar-refractivity contribution in [1.82, 2.24) is 20.3 Å². The summed E-state index contributed by atoms with van der Waals surface area (Å²) < 4.78 is 0. The second-order valence-corrected chi connectivity index (χ2v) is 3.84. The number of nitrogens with zero attached hydrogens (tertiary/aromatic N) is 4. The van der Waals surface area contributed by atoms with Gasteiger partial charge in [0.25, 0.3) is 0 Å². The van der Waals surface area contributed by atoms with E-state index in [-0.39, 0.29) is 5.84 Å². The first kappa shape index (κ1) is 12.9. The summed E-state index contributed by atoms with van der Waals surface area (Å²) in [6.07, 6.45) is 4.84. The minimum atomic E-state index is -0.00218. The number of hydrogen-bond acceptors (Lipinski definition) is 6. The molecule has 0 radical (unpaired) electrons. The topological polar surface area (TPSA) is 109 Å². The fourth-order valence-corrected chi connectivity index (χ4v) is 1.53. The van der Waals surface area contributed by atoms with Crippen LogP contribution in [0, 0.1) is 0 Å². The Labute approximate surface area is 110 Å². The van der Waals surface area contributed by atoms with Gasteiger partial charge in [-0.2, -0.15) is 0 Å². The Morgan fingerprint density at radius 3 is 2.89 bits per heavy atom. The van der Waals surface area contributed by atoms with Crippen molar-refractivity contribution in [3.8, 4) is 0 Å². The number of amidine groups is 1. The maximum atomic E-state index is 8.60. The molecule has 0 fully saturated rings. The monoisotopic (exact) mass is 258 g/mol. The summed E-state index contributed by atoms with van der Waals surface area (Å²) >= 11 is 0. The molecule has 4 N–H and O–H groups in total. The van der Waals surface area contributed by atoms with Crippen molar-refractivity contribution >= 4 is 5.84 Å².